The van der Waals surface area contributed by atoms with Crippen molar-refractivity contribution in [2.75, 3.05) is 48.0 Å². The summed E-state index contributed by atoms with van der Waals surface area (Å²) in [6, 6.07) is 15.8. The van der Waals surface area contributed by atoms with E-state index in [1.807, 2.05) is 50.2 Å². The lowest BCUT2D eigenvalue weighted by Crippen LogP contribution is -2.46. The number of hydrogen-bond acceptors (Lipinski definition) is 5. The third-order valence-corrected chi connectivity index (χ3v) is 5.54. The lowest BCUT2D eigenvalue weighted by molar-refractivity contribution is 0.246. The van der Waals surface area contributed by atoms with E-state index >= 15 is 0 Å². The predicted octanol–water partition coefficient (Wildman–Crippen LogP) is 3.94. The molecule has 7 heteroatoms. The fraction of sp³-hybridized carbons (Fsp3) is 0.391. The first-order valence-electron chi connectivity index (χ1n) is 10.4. The second kappa shape index (κ2) is 10.0. The van der Waals surface area contributed by atoms with Gasteiger partial charge in [0.15, 0.2) is 0 Å². The minimum atomic E-state index is -0.278. The van der Waals surface area contributed by atoms with Gasteiger partial charge in [0.25, 0.3) is 0 Å². The van der Waals surface area contributed by atoms with E-state index in [9.17, 15) is 4.79 Å². The van der Waals surface area contributed by atoms with Crippen LogP contribution >= 0.6 is 0 Å². The Bertz CT molecular complexity index is 830. The number of carbonyl (C=O) groups is 1. The number of carbonyl (C=O) groups excluding carboxylic acids is 1. The highest BCUT2D eigenvalue weighted by molar-refractivity contribution is 6.06. The van der Waals surface area contributed by atoms with Gasteiger partial charge >= 0.3 is 6.03 Å². The number of rotatable bonds is 7. The number of benzene rings is 2. The summed E-state index contributed by atoms with van der Waals surface area (Å²) in [6.45, 7) is 7.70. The van der Waals surface area contributed by atoms with Crippen LogP contribution in [0.1, 0.15) is 20.3 Å². The van der Waals surface area contributed by atoms with E-state index in [1.54, 1.807) is 7.11 Å². The number of hydrogen-bond donors (Lipinski definition) is 2. The topological polar surface area (TPSA) is 71.9 Å². The number of anilines is 3. The molecule has 1 fully saturated rings. The summed E-state index contributed by atoms with van der Waals surface area (Å²) in [5.41, 5.74) is 3.02. The minimum Gasteiger partial charge on any atom is -0.497 e. The second-order valence-corrected chi connectivity index (χ2v) is 7.45. The summed E-state index contributed by atoms with van der Waals surface area (Å²) in [7, 11) is 1.68. The lowest BCUT2D eigenvalue weighted by atomic mass is 10.2. The third kappa shape index (κ3) is 5.03. The molecule has 1 atom stereocenters. The lowest BCUT2D eigenvalue weighted by Gasteiger charge is -2.37. The number of amides is 2. The molecule has 2 N–H and O–H groups in total. The largest absolute Gasteiger partial charge is 0.497 e. The molecule has 0 spiro atoms. The zero-order valence-corrected chi connectivity index (χ0v) is 18.0. The molecule has 7 nitrogen and oxygen atoms in total. The first-order chi connectivity index (χ1) is 14.5. The van der Waals surface area contributed by atoms with Crippen LogP contribution in [0.25, 0.3) is 0 Å². The van der Waals surface area contributed by atoms with Crippen LogP contribution in [-0.2, 0) is 0 Å². The Morgan fingerprint density at radius 2 is 1.57 bits per heavy atom. The van der Waals surface area contributed by atoms with E-state index in [0.717, 1.165) is 50.4 Å². The van der Waals surface area contributed by atoms with Crippen molar-refractivity contribution in [2.24, 2.45) is 0 Å². The minimum absolute atomic E-state index is 0.0706. The van der Waals surface area contributed by atoms with Crippen molar-refractivity contribution in [1.29, 1.82) is 5.41 Å². The molecule has 0 aromatic heterocycles. The molecule has 3 rings (SSSR count). The molecule has 0 bridgehead atoms. The van der Waals surface area contributed by atoms with Gasteiger partial charge in [0.05, 0.1) is 19.1 Å². The second-order valence-electron chi connectivity index (χ2n) is 7.45. The summed E-state index contributed by atoms with van der Waals surface area (Å²) in [4.78, 5) is 18.4. The number of nitrogens with zero attached hydrogens (tertiary/aromatic N) is 3. The van der Waals surface area contributed by atoms with Crippen LogP contribution in [0, 0.1) is 5.41 Å². The van der Waals surface area contributed by atoms with Gasteiger partial charge in [-0.2, -0.15) is 0 Å². The van der Waals surface area contributed by atoms with Crippen molar-refractivity contribution in [1.82, 2.24) is 5.32 Å². The monoisotopic (exact) mass is 409 g/mol. The van der Waals surface area contributed by atoms with Gasteiger partial charge in [0.1, 0.15) is 5.75 Å². The van der Waals surface area contributed by atoms with Crippen molar-refractivity contribution in [3.8, 4) is 5.75 Å². The molecule has 1 aliphatic rings. The Labute approximate surface area is 178 Å². The molecule has 1 aliphatic heterocycles. The Balaban J connectivity index is 1.60. The van der Waals surface area contributed by atoms with E-state index in [4.69, 9.17) is 10.1 Å². The number of urea groups is 1. The van der Waals surface area contributed by atoms with E-state index in [0.29, 0.717) is 5.69 Å². The maximum atomic E-state index is 12.4. The molecule has 0 radical (unpaired) electrons. The molecule has 2 aromatic carbocycles. The van der Waals surface area contributed by atoms with Crippen LogP contribution in [0.4, 0.5) is 21.9 Å². The number of nitrogens with one attached hydrogen (secondary N) is 2. The van der Waals surface area contributed by atoms with Gasteiger partial charge in [-0.05, 0) is 61.9 Å². The van der Waals surface area contributed by atoms with Gasteiger partial charge in [0.2, 0.25) is 0 Å². The number of ether oxygens (including phenoxy) is 1. The SMILES string of the molecule is CCC(C)NC(=O)N(C=N)c1ccc(N2CCN(c3ccc(OC)cc3)CC2)cc1. The smallest absolute Gasteiger partial charge is 0.327 e. The van der Waals surface area contributed by atoms with Gasteiger partial charge < -0.3 is 19.9 Å². The molecule has 0 aliphatic carbocycles. The van der Waals surface area contributed by atoms with Gasteiger partial charge in [-0.15, -0.1) is 0 Å². The fourth-order valence-electron chi connectivity index (χ4n) is 3.47. The van der Waals surface area contributed by atoms with Gasteiger partial charge in [-0.25, -0.2) is 4.79 Å². The Morgan fingerprint density at radius 3 is 2.00 bits per heavy atom. The zero-order chi connectivity index (χ0) is 21.5. The first kappa shape index (κ1) is 21.5. The molecule has 1 saturated heterocycles. The molecule has 30 heavy (non-hydrogen) atoms. The van der Waals surface area contributed by atoms with Crippen molar-refractivity contribution < 1.29 is 9.53 Å². The Hall–Kier alpha value is -3.22. The molecule has 0 saturated carbocycles. The third-order valence-electron chi connectivity index (χ3n) is 5.54. The highest BCUT2D eigenvalue weighted by Crippen LogP contribution is 2.24. The maximum Gasteiger partial charge on any atom is 0.327 e. The Kier molecular flexibility index (Phi) is 7.17. The van der Waals surface area contributed by atoms with Gasteiger partial charge in [0, 0.05) is 43.6 Å². The molecule has 1 unspecified atom stereocenters. The van der Waals surface area contributed by atoms with Crippen LogP contribution in [0.15, 0.2) is 48.5 Å². The summed E-state index contributed by atoms with van der Waals surface area (Å²) in [5.74, 6) is 0.870. The summed E-state index contributed by atoms with van der Waals surface area (Å²) in [5, 5.41) is 10.5. The van der Waals surface area contributed by atoms with Crippen LogP contribution in [0.2, 0.25) is 0 Å². The maximum absolute atomic E-state index is 12.4. The summed E-state index contributed by atoms with van der Waals surface area (Å²) >= 11 is 0. The van der Waals surface area contributed by atoms with E-state index < -0.39 is 0 Å². The van der Waals surface area contributed by atoms with Crippen LogP contribution in [0.5, 0.6) is 5.75 Å². The van der Waals surface area contributed by atoms with Crippen LogP contribution < -0.4 is 24.8 Å². The summed E-state index contributed by atoms with van der Waals surface area (Å²) in [6.07, 6.45) is 1.90. The van der Waals surface area contributed by atoms with Gasteiger partial charge in [-0.1, -0.05) is 6.92 Å². The standard InChI is InChI=1S/C23H31N5O2/c1-4-18(2)25-23(29)28(17-24)21-7-5-19(6-8-21)26-13-15-27(16-14-26)20-9-11-22(30-3)12-10-20/h5-12,17-18,24H,4,13-16H2,1-3H3,(H,25,29). The van der Waals surface area contributed by atoms with Crippen molar-refractivity contribution >= 4 is 29.4 Å². The van der Waals surface area contributed by atoms with Crippen molar-refractivity contribution in [2.45, 2.75) is 26.3 Å². The average molecular weight is 410 g/mol. The van der Waals surface area contributed by atoms with Crippen molar-refractivity contribution in [3.05, 3.63) is 48.5 Å². The quantitative estimate of drug-likeness (QED) is 0.537. The van der Waals surface area contributed by atoms with E-state index in [2.05, 4.69) is 27.2 Å². The predicted molar refractivity (Wildman–Crippen MR) is 123 cm³/mol. The molecule has 2 amide bonds. The Morgan fingerprint density at radius 1 is 1.07 bits per heavy atom. The van der Waals surface area contributed by atoms with E-state index in [-0.39, 0.29) is 12.1 Å². The van der Waals surface area contributed by atoms with Crippen LogP contribution in [-0.4, -0.2) is 51.7 Å². The molecule has 160 valence electrons. The average Bonchev–Trinajstić information content (AvgIpc) is 2.80. The normalized spacial score (nSPS) is 14.8. The highest BCUT2D eigenvalue weighted by atomic mass is 16.5. The molecular weight excluding hydrogens is 378 g/mol. The number of methoxy groups -OCH3 is 1. The fourth-order valence-corrected chi connectivity index (χ4v) is 3.47. The van der Waals surface area contributed by atoms with Crippen molar-refractivity contribution in [3.63, 3.8) is 0 Å². The number of piperazine rings is 1. The molecule has 1 heterocycles. The molecular formula is C23H31N5O2. The zero-order valence-electron chi connectivity index (χ0n) is 18.0. The van der Waals surface area contributed by atoms with Crippen LogP contribution in [0.3, 0.4) is 0 Å². The summed E-state index contributed by atoms with van der Waals surface area (Å²) < 4.78 is 5.24. The highest BCUT2D eigenvalue weighted by Gasteiger charge is 2.19. The van der Waals surface area contributed by atoms with Gasteiger partial charge in [-0.3, -0.25) is 10.3 Å². The van der Waals surface area contributed by atoms with E-state index in [1.165, 1.54) is 10.6 Å². The first-order valence-corrected chi connectivity index (χ1v) is 10.4. The molecule has 2 aromatic rings.